The molecule has 0 aliphatic carbocycles. The molecule has 0 amide bonds. The quantitative estimate of drug-likeness (QED) is 0.369. The van der Waals surface area contributed by atoms with Gasteiger partial charge in [-0.05, 0) is 17.7 Å². The second-order valence-electron chi connectivity index (χ2n) is 7.84. The first-order chi connectivity index (χ1) is 16.8. The zero-order valence-corrected chi connectivity index (χ0v) is 19.2. The van der Waals surface area contributed by atoms with E-state index in [1.165, 1.54) is 26.5 Å². The van der Waals surface area contributed by atoms with Gasteiger partial charge in [0, 0.05) is 6.07 Å². The van der Waals surface area contributed by atoms with Crippen molar-refractivity contribution in [2.75, 3.05) is 27.9 Å². The lowest BCUT2D eigenvalue weighted by Crippen LogP contribution is -2.60. The summed E-state index contributed by atoms with van der Waals surface area (Å²) in [5.74, 6) is 0.638. The summed E-state index contributed by atoms with van der Waals surface area (Å²) in [6.45, 7) is -0.619. The molecule has 1 fully saturated rings. The summed E-state index contributed by atoms with van der Waals surface area (Å²) in [7, 11) is 4.22. The molecule has 0 bridgehead atoms. The Morgan fingerprint density at radius 2 is 1.60 bits per heavy atom. The Hall–Kier alpha value is -3.35. The Balaban J connectivity index is 1.79. The second-order valence-corrected chi connectivity index (χ2v) is 7.84. The molecule has 11 heteroatoms. The van der Waals surface area contributed by atoms with E-state index in [1.807, 2.05) is 0 Å². The van der Waals surface area contributed by atoms with Crippen LogP contribution in [-0.2, 0) is 4.74 Å². The molecule has 1 saturated heterocycles. The van der Waals surface area contributed by atoms with Crippen molar-refractivity contribution in [3.8, 4) is 34.1 Å². The van der Waals surface area contributed by atoms with Crippen molar-refractivity contribution in [2.45, 2.75) is 30.7 Å². The smallest absolute Gasteiger partial charge is 0.229 e. The number of rotatable bonds is 7. The Kier molecular flexibility index (Phi) is 7.15. The van der Waals surface area contributed by atoms with Gasteiger partial charge in [-0.2, -0.15) is 0 Å². The van der Waals surface area contributed by atoms with Crippen molar-refractivity contribution in [1.29, 1.82) is 0 Å². The monoisotopic (exact) mass is 490 g/mol. The third-order valence-electron chi connectivity index (χ3n) is 5.84. The third-order valence-corrected chi connectivity index (χ3v) is 5.84. The number of hydrogen-bond acceptors (Lipinski definition) is 11. The highest BCUT2D eigenvalue weighted by Gasteiger charge is 2.45. The van der Waals surface area contributed by atoms with Gasteiger partial charge in [-0.15, -0.1) is 0 Å². The lowest BCUT2D eigenvalue weighted by Gasteiger charge is -2.39. The van der Waals surface area contributed by atoms with Gasteiger partial charge in [-0.3, -0.25) is 4.79 Å². The van der Waals surface area contributed by atoms with Crippen LogP contribution in [0.15, 0.2) is 45.8 Å². The van der Waals surface area contributed by atoms with E-state index in [4.69, 9.17) is 28.1 Å². The van der Waals surface area contributed by atoms with Crippen molar-refractivity contribution in [3.05, 3.63) is 46.8 Å². The van der Waals surface area contributed by atoms with Crippen LogP contribution in [0.4, 0.5) is 0 Å². The van der Waals surface area contributed by atoms with Gasteiger partial charge in [0.1, 0.15) is 47.4 Å². The number of fused-ring (bicyclic) bond motifs is 1. The van der Waals surface area contributed by atoms with Crippen LogP contribution in [0.25, 0.3) is 22.1 Å². The first-order valence-corrected chi connectivity index (χ1v) is 10.7. The fourth-order valence-corrected chi connectivity index (χ4v) is 3.95. The Bertz CT molecular complexity index is 1230. The topological polar surface area (TPSA) is 157 Å². The number of aliphatic hydroxyl groups is 4. The summed E-state index contributed by atoms with van der Waals surface area (Å²) in [6.07, 6.45) is -6.18. The summed E-state index contributed by atoms with van der Waals surface area (Å²) in [5, 5.41) is 39.9. The molecule has 2 heterocycles. The second kappa shape index (κ2) is 10.1. The van der Waals surface area contributed by atoms with Gasteiger partial charge in [0.15, 0.2) is 11.5 Å². The number of ether oxygens (including phenoxy) is 5. The molecule has 3 aromatic rings. The number of aliphatic hydroxyl groups excluding tert-OH is 4. The van der Waals surface area contributed by atoms with Crippen LogP contribution >= 0.6 is 0 Å². The molecule has 1 aliphatic heterocycles. The van der Waals surface area contributed by atoms with Crippen molar-refractivity contribution in [3.63, 3.8) is 0 Å². The van der Waals surface area contributed by atoms with E-state index in [9.17, 15) is 25.2 Å². The van der Waals surface area contributed by atoms with E-state index in [2.05, 4.69) is 0 Å². The van der Waals surface area contributed by atoms with E-state index >= 15 is 0 Å². The summed E-state index contributed by atoms with van der Waals surface area (Å²) >= 11 is 0. The van der Waals surface area contributed by atoms with E-state index in [0.717, 1.165) is 0 Å². The van der Waals surface area contributed by atoms with Crippen molar-refractivity contribution in [1.82, 2.24) is 0 Å². The summed E-state index contributed by atoms with van der Waals surface area (Å²) in [6, 6.07) is 8.23. The van der Waals surface area contributed by atoms with Gasteiger partial charge in [-0.25, -0.2) is 0 Å². The first kappa shape index (κ1) is 24.8. The Morgan fingerprint density at radius 3 is 2.20 bits per heavy atom. The van der Waals surface area contributed by atoms with E-state index < -0.39 is 37.3 Å². The minimum absolute atomic E-state index is 0.0103. The van der Waals surface area contributed by atoms with Crippen LogP contribution in [0.3, 0.4) is 0 Å². The molecule has 4 N–H and O–H groups in total. The van der Waals surface area contributed by atoms with Gasteiger partial charge in [0.25, 0.3) is 0 Å². The first-order valence-electron chi connectivity index (χ1n) is 10.7. The molecule has 11 nitrogen and oxygen atoms in total. The Labute approximate surface area is 199 Å². The highest BCUT2D eigenvalue weighted by Crippen LogP contribution is 2.44. The molecule has 5 atom stereocenters. The lowest BCUT2D eigenvalue weighted by atomic mass is 9.99. The number of methoxy groups -OCH3 is 3. The molecule has 35 heavy (non-hydrogen) atoms. The van der Waals surface area contributed by atoms with Crippen molar-refractivity contribution >= 4 is 11.0 Å². The van der Waals surface area contributed by atoms with Gasteiger partial charge >= 0.3 is 0 Å². The fourth-order valence-electron chi connectivity index (χ4n) is 3.95. The van der Waals surface area contributed by atoms with E-state index in [0.29, 0.717) is 11.3 Å². The standard InChI is InChI=1S/C24H26O11/c1-30-12-6-4-11(5-7-12)13-10-33-14-8-15(22(31-2)23(32-3)17(14)18(13)26)34-24-21(29)20(28)19(27)16(9-25)35-24/h4-8,10,16,19-21,24-25,27-29H,9H2,1-3H3. The number of hydrogen-bond donors (Lipinski definition) is 4. The molecule has 1 aliphatic rings. The molecule has 1 aromatic heterocycles. The maximum atomic E-state index is 13.4. The predicted molar refractivity (Wildman–Crippen MR) is 122 cm³/mol. The SMILES string of the molecule is COc1ccc(-c2coc3cc(OC4OC(CO)C(O)C(O)C4O)c(OC)c(OC)c3c2=O)cc1. The van der Waals surface area contributed by atoms with E-state index in [-0.39, 0.29) is 39.2 Å². The normalized spacial score (nSPS) is 24.3. The Morgan fingerprint density at radius 1 is 0.914 bits per heavy atom. The van der Waals surface area contributed by atoms with Crippen LogP contribution in [-0.4, -0.2) is 79.1 Å². The van der Waals surface area contributed by atoms with Crippen LogP contribution in [0, 0.1) is 0 Å². The van der Waals surface area contributed by atoms with Crippen LogP contribution in [0.2, 0.25) is 0 Å². The summed E-state index contributed by atoms with van der Waals surface area (Å²) in [4.78, 5) is 13.4. The number of benzene rings is 2. The minimum atomic E-state index is -1.65. The highest BCUT2D eigenvalue weighted by atomic mass is 16.7. The average molecular weight is 490 g/mol. The van der Waals surface area contributed by atoms with Crippen molar-refractivity contribution < 1.29 is 48.5 Å². The molecule has 188 valence electrons. The van der Waals surface area contributed by atoms with Crippen LogP contribution < -0.4 is 24.4 Å². The average Bonchev–Trinajstić information content (AvgIpc) is 2.88. The molecular formula is C24H26O11. The fraction of sp³-hybridized carbons (Fsp3) is 0.375. The van der Waals surface area contributed by atoms with Crippen LogP contribution in [0.5, 0.6) is 23.0 Å². The molecule has 0 radical (unpaired) electrons. The molecule has 4 rings (SSSR count). The van der Waals surface area contributed by atoms with Gasteiger partial charge < -0.3 is 48.5 Å². The molecule has 0 spiro atoms. The van der Waals surface area contributed by atoms with Gasteiger partial charge in [-0.1, -0.05) is 12.1 Å². The summed E-state index contributed by atoms with van der Waals surface area (Å²) in [5.41, 5.74) is 0.600. The maximum Gasteiger partial charge on any atom is 0.229 e. The third kappa shape index (κ3) is 4.40. The van der Waals surface area contributed by atoms with Crippen LogP contribution in [0.1, 0.15) is 0 Å². The zero-order chi connectivity index (χ0) is 25.3. The minimum Gasteiger partial charge on any atom is -0.497 e. The molecule has 5 unspecified atom stereocenters. The van der Waals surface area contributed by atoms with Gasteiger partial charge in [0.05, 0.1) is 33.5 Å². The van der Waals surface area contributed by atoms with Crippen molar-refractivity contribution in [2.24, 2.45) is 0 Å². The van der Waals surface area contributed by atoms with E-state index in [1.54, 1.807) is 31.4 Å². The largest absolute Gasteiger partial charge is 0.497 e. The molecule has 2 aromatic carbocycles. The highest BCUT2D eigenvalue weighted by molar-refractivity contribution is 5.91. The maximum absolute atomic E-state index is 13.4. The predicted octanol–water partition coefficient (Wildman–Crippen LogP) is 0.664. The lowest BCUT2D eigenvalue weighted by molar-refractivity contribution is -0.277. The van der Waals surface area contributed by atoms with Gasteiger partial charge in [0.2, 0.25) is 17.5 Å². The zero-order valence-electron chi connectivity index (χ0n) is 19.2. The molecule has 0 saturated carbocycles. The molecular weight excluding hydrogens is 464 g/mol. The summed E-state index contributed by atoms with van der Waals surface area (Å²) < 4.78 is 33.0.